The Balaban J connectivity index is 2.13. The molecular weight excluding hydrogens is 388 g/mol. The number of benzene rings is 3. The highest BCUT2D eigenvalue weighted by molar-refractivity contribution is 7.91. The van der Waals surface area contributed by atoms with Gasteiger partial charge in [0.2, 0.25) is 9.84 Å². The summed E-state index contributed by atoms with van der Waals surface area (Å²) in [6.07, 6.45) is -0.989. The normalized spacial score (nSPS) is 12.4. The first-order valence-corrected chi connectivity index (χ1v) is 10.6. The Morgan fingerprint density at radius 1 is 0.862 bits per heavy atom. The van der Waals surface area contributed by atoms with Crippen LogP contribution >= 0.6 is 0 Å². The van der Waals surface area contributed by atoms with Gasteiger partial charge in [0.05, 0.1) is 19.1 Å². The van der Waals surface area contributed by atoms with Gasteiger partial charge in [0.15, 0.2) is 0 Å². The summed E-state index contributed by atoms with van der Waals surface area (Å²) < 4.78 is 36.9. The van der Waals surface area contributed by atoms with Crippen molar-refractivity contribution in [2.24, 2.45) is 0 Å². The number of methoxy groups -OCH3 is 2. The van der Waals surface area contributed by atoms with E-state index < -0.39 is 15.9 Å². The van der Waals surface area contributed by atoms with Gasteiger partial charge in [0.1, 0.15) is 22.5 Å². The van der Waals surface area contributed by atoms with Crippen molar-refractivity contribution in [2.45, 2.75) is 29.7 Å². The van der Waals surface area contributed by atoms with Crippen LogP contribution in [0.1, 0.15) is 28.4 Å². The quantitative estimate of drug-likeness (QED) is 0.656. The van der Waals surface area contributed by atoms with Gasteiger partial charge in [-0.05, 0) is 72.5 Å². The van der Waals surface area contributed by atoms with Crippen molar-refractivity contribution in [3.63, 3.8) is 0 Å². The van der Waals surface area contributed by atoms with Crippen molar-refractivity contribution in [2.75, 3.05) is 14.2 Å². The zero-order valence-electron chi connectivity index (χ0n) is 16.8. The third kappa shape index (κ3) is 3.99. The molecule has 3 aromatic carbocycles. The summed E-state index contributed by atoms with van der Waals surface area (Å²) in [4.78, 5) is 0.188. The Morgan fingerprint density at radius 3 is 2.03 bits per heavy atom. The number of rotatable bonds is 6. The Morgan fingerprint density at radius 2 is 1.48 bits per heavy atom. The van der Waals surface area contributed by atoms with E-state index in [9.17, 15) is 13.5 Å². The van der Waals surface area contributed by atoms with Crippen LogP contribution < -0.4 is 9.47 Å². The molecule has 0 radical (unpaired) electrons. The molecule has 1 unspecified atom stereocenters. The van der Waals surface area contributed by atoms with Crippen LogP contribution in [-0.4, -0.2) is 27.7 Å². The number of hydrogen-bond acceptors (Lipinski definition) is 5. The maximum Gasteiger partial charge on any atom is 0.210 e. The summed E-state index contributed by atoms with van der Waals surface area (Å²) in [7, 11) is -0.791. The van der Waals surface area contributed by atoms with Crippen LogP contribution in [0.25, 0.3) is 0 Å². The second-order valence-electron chi connectivity index (χ2n) is 6.80. The number of ether oxygens (including phenoxy) is 2. The second-order valence-corrected chi connectivity index (χ2v) is 8.72. The van der Waals surface area contributed by atoms with Crippen molar-refractivity contribution >= 4 is 9.84 Å². The van der Waals surface area contributed by atoms with E-state index in [0.29, 0.717) is 11.3 Å². The van der Waals surface area contributed by atoms with Gasteiger partial charge in [-0.3, -0.25) is 0 Å². The molecule has 0 saturated heterocycles. The first kappa shape index (κ1) is 20.9. The Kier molecular flexibility index (Phi) is 5.96. The molecule has 152 valence electrons. The van der Waals surface area contributed by atoms with Gasteiger partial charge in [0, 0.05) is 0 Å². The van der Waals surface area contributed by atoms with Gasteiger partial charge < -0.3 is 14.6 Å². The number of aryl methyl sites for hydroxylation is 2. The predicted molar refractivity (Wildman–Crippen MR) is 111 cm³/mol. The zero-order chi connectivity index (χ0) is 21.2. The molecule has 0 amide bonds. The summed E-state index contributed by atoms with van der Waals surface area (Å²) >= 11 is 0. The average molecular weight is 413 g/mol. The molecule has 0 aromatic heterocycles. The van der Waals surface area contributed by atoms with E-state index in [0.717, 1.165) is 16.7 Å². The number of aliphatic hydroxyl groups excluding tert-OH is 1. The van der Waals surface area contributed by atoms with E-state index in [-0.39, 0.29) is 15.5 Å². The van der Waals surface area contributed by atoms with Crippen molar-refractivity contribution in [3.05, 3.63) is 82.9 Å². The molecule has 1 atom stereocenters. The van der Waals surface area contributed by atoms with E-state index in [2.05, 4.69) is 0 Å². The molecule has 29 heavy (non-hydrogen) atoms. The summed E-state index contributed by atoms with van der Waals surface area (Å²) in [5.74, 6) is 0.936. The molecule has 1 N–H and O–H groups in total. The minimum atomic E-state index is -3.81. The third-order valence-electron chi connectivity index (χ3n) is 4.92. The van der Waals surface area contributed by atoms with E-state index in [1.165, 1.54) is 25.3 Å². The fourth-order valence-corrected chi connectivity index (χ4v) is 4.93. The Labute approximate surface area is 171 Å². The minimum absolute atomic E-state index is 0.0200. The lowest BCUT2D eigenvalue weighted by molar-refractivity contribution is 0.218. The largest absolute Gasteiger partial charge is 0.497 e. The van der Waals surface area contributed by atoms with Gasteiger partial charge in [-0.2, -0.15) is 0 Å². The summed E-state index contributed by atoms with van der Waals surface area (Å²) in [6, 6.07) is 16.6. The molecule has 3 rings (SSSR count). The molecule has 0 aliphatic rings. The molecular formula is C23H24O5S. The SMILES string of the molecule is COc1cc(C)c(C(O)c2ccc(OC)c(S(=O)(=O)c3ccccc3)c2)c(C)c1. The highest BCUT2D eigenvalue weighted by Gasteiger charge is 2.25. The fourth-order valence-electron chi connectivity index (χ4n) is 3.45. The fraction of sp³-hybridized carbons (Fsp3) is 0.217. The highest BCUT2D eigenvalue weighted by atomic mass is 32.2. The first-order chi connectivity index (χ1) is 13.8. The van der Waals surface area contributed by atoms with Gasteiger partial charge in [0.25, 0.3) is 0 Å². The smallest absolute Gasteiger partial charge is 0.210 e. The maximum atomic E-state index is 13.2. The van der Waals surface area contributed by atoms with Crippen molar-refractivity contribution in [3.8, 4) is 11.5 Å². The van der Waals surface area contributed by atoms with Crippen LogP contribution in [0.3, 0.4) is 0 Å². The topological polar surface area (TPSA) is 72.8 Å². The predicted octanol–water partition coefficient (Wildman–Crippen LogP) is 4.24. The molecule has 0 aliphatic heterocycles. The molecule has 5 nitrogen and oxygen atoms in total. The van der Waals surface area contributed by atoms with Crippen molar-refractivity contribution < 1.29 is 23.0 Å². The lowest BCUT2D eigenvalue weighted by Gasteiger charge is -2.20. The highest BCUT2D eigenvalue weighted by Crippen LogP contribution is 2.36. The lowest BCUT2D eigenvalue weighted by atomic mass is 9.93. The summed E-state index contributed by atoms with van der Waals surface area (Å²) in [5.41, 5.74) is 2.91. The van der Waals surface area contributed by atoms with E-state index in [1.54, 1.807) is 37.4 Å². The molecule has 0 aliphatic carbocycles. The van der Waals surface area contributed by atoms with Crippen LogP contribution in [0.2, 0.25) is 0 Å². The minimum Gasteiger partial charge on any atom is -0.497 e. The molecule has 0 heterocycles. The molecule has 3 aromatic rings. The average Bonchev–Trinajstić information content (AvgIpc) is 2.73. The van der Waals surface area contributed by atoms with E-state index in [4.69, 9.17) is 9.47 Å². The Hall–Kier alpha value is -2.83. The van der Waals surface area contributed by atoms with Crippen LogP contribution in [-0.2, 0) is 9.84 Å². The molecule has 0 spiro atoms. The third-order valence-corrected chi connectivity index (χ3v) is 6.71. The van der Waals surface area contributed by atoms with Gasteiger partial charge in [-0.15, -0.1) is 0 Å². The van der Waals surface area contributed by atoms with Gasteiger partial charge in [-0.1, -0.05) is 24.3 Å². The van der Waals surface area contributed by atoms with E-state index >= 15 is 0 Å². The zero-order valence-corrected chi connectivity index (χ0v) is 17.7. The Bertz CT molecular complexity index is 1100. The van der Waals surface area contributed by atoms with Crippen LogP contribution in [0, 0.1) is 13.8 Å². The van der Waals surface area contributed by atoms with Gasteiger partial charge >= 0.3 is 0 Å². The van der Waals surface area contributed by atoms with Crippen molar-refractivity contribution in [1.29, 1.82) is 0 Å². The number of sulfone groups is 1. The molecule has 0 bridgehead atoms. The van der Waals surface area contributed by atoms with Crippen LogP contribution in [0.5, 0.6) is 11.5 Å². The maximum absolute atomic E-state index is 13.2. The van der Waals surface area contributed by atoms with E-state index in [1.807, 2.05) is 26.0 Å². The summed E-state index contributed by atoms with van der Waals surface area (Å²) in [5, 5.41) is 11.1. The molecule has 6 heteroatoms. The number of aliphatic hydroxyl groups is 1. The second kappa shape index (κ2) is 8.27. The van der Waals surface area contributed by atoms with Gasteiger partial charge in [-0.25, -0.2) is 8.42 Å². The van der Waals surface area contributed by atoms with Crippen molar-refractivity contribution in [1.82, 2.24) is 0 Å². The standard InChI is InChI=1S/C23H24O5S/c1-15-12-18(27-3)13-16(2)22(15)23(24)17-10-11-20(28-4)21(14-17)29(25,26)19-8-6-5-7-9-19/h5-14,23-24H,1-4H3. The number of hydrogen-bond donors (Lipinski definition) is 1. The molecule has 0 saturated carbocycles. The monoisotopic (exact) mass is 412 g/mol. The first-order valence-electron chi connectivity index (χ1n) is 9.11. The molecule has 0 fully saturated rings. The van der Waals surface area contributed by atoms with Crippen LogP contribution in [0.4, 0.5) is 0 Å². The van der Waals surface area contributed by atoms with Crippen LogP contribution in [0.15, 0.2) is 70.5 Å². The lowest BCUT2D eigenvalue weighted by Crippen LogP contribution is -2.09. The summed E-state index contributed by atoms with van der Waals surface area (Å²) in [6.45, 7) is 3.78.